The number of amides is 1. The first-order chi connectivity index (χ1) is 12.5. The summed E-state index contributed by atoms with van der Waals surface area (Å²) >= 11 is 1.75. The Labute approximate surface area is 161 Å². The van der Waals surface area contributed by atoms with Crippen LogP contribution in [0.25, 0.3) is 0 Å². The number of rotatable bonds is 9. The lowest BCUT2D eigenvalue weighted by Crippen LogP contribution is -2.32. The van der Waals surface area contributed by atoms with Crippen LogP contribution in [0.15, 0.2) is 47.4 Å². The first kappa shape index (κ1) is 20.4. The monoisotopic (exact) mass is 371 g/mol. The van der Waals surface area contributed by atoms with Crippen LogP contribution in [-0.4, -0.2) is 18.6 Å². The van der Waals surface area contributed by atoms with E-state index in [9.17, 15) is 4.79 Å². The molecule has 1 N–H and O–H groups in total. The van der Waals surface area contributed by atoms with Crippen molar-refractivity contribution in [1.29, 1.82) is 0 Å². The molecule has 0 heterocycles. The van der Waals surface area contributed by atoms with Crippen LogP contribution in [0.3, 0.4) is 0 Å². The third-order valence-electron chi connectivity index (χ3n) is 4.14. The first-order valence-electron chi connectivity index (χ1n) is 9.29. The van der Waals surface area contributed by atoms with Crippen molar-refractivity contribution in [2.75, 3.05) is 6.61 Å². The van der Waals surface area contributed by atoms with Gasteiger partial charge in [-0.1, -0.05) is 31.0 Å². The summed E-state index contributed by atoms with van der Waals surface area (Å²) in [7, 11) is 0. The summed E-state index contributed by atoms with van der Waals surface area (Å²) in [6, 6.07) is 14.4. The minimum atomic E-state index is -0.0180. The molecule has 0 bridgehead atoms. The van der Waals surface area contributed by atoms with Crippen molar-refractivity contribution in [2.45, 2.75) is 57.2 Å². The van der Waals surface area contributed by atoms with Crippen molar-refractivity contribution >= 4 is 17.7 Å². The molecule has 2 aromatic carbocycles. The summed E-state index contributed by atoms with van der Waals surface area (Å²) in [4.78, 5) is 13.7. The summed E-state index contributed by atoms with van der Waals surface area (Å²) < 4.78 is 5.75. The number of nitrogens with one attached hydrogen (secondary N) is 1. The zero-order chi connectivity index (χ0) is 18.9. The molecule has 3 nitrogen and oxygen atoms in total. The number of carbonyl (C=O) groups is 1. The van der Waals surface area contributed by atoms with Crippen LogP contribution < -0.4 is 10.1 Å². The lowest BCUT2D eigenvalue weighted by molar-refractivity contribution is 0.0938. The Balaban J connectivity index is 2.13. The van der Waals surface area contributed by atoms with Gasteiger partial charge in [0.05, 0.1) is 6.61 Å². The molecule has 0 aromatic heterocycles. The van der Waals surface area contributed by atoms with E-state index in [0.29, 0.717) is 12.2 Å². The van der Waals surface area contributed by atoms with E-state index in [0.717, 1.165) is 29.9 Å². The molecular weight excluding hydrogens is 342 g/mol. The van der Waals surface area contributed by atoms with Crippen LogP contribution in [0.4, 0.5) is 0 Å². The van der Waals surface area contributed by atoms with Crippen LogP contribution in [0, 0.1) is 6.92 Å². The number of ether oxygens (including phenoxy) is 1. The first-order valence-corrected chi connectivity index (χ1v) is 10.3. The molecule has 0 saturated heterocycles. The average molecular weight is 372 g/mol. The van der Waals surface area contributed by atoms with E-state index < -0.39 is 0 Å². The highest BCUT2D eigenvalue weighted by Gasteiger charge is 2.13. The molecule has 26 heavy (non-hydrogen) atoms. The third kappa shape index (κ3) is 6.10. The van der Waals surface area contributed by atoms with Gasteiger partial charge in [0.2, 0.25) is 0 Å². The van der Waals surface area contributed by atoms with E-state index in [-0.39, 0.29) is 11.9 Å². The molecule has 0 aliphatic rings. The summed E-state index contributed by atoms with van der Waals surface area (Å²) in [6.45, 7) is 8.85. The topological polar surface area (TPSA) is 38.3 Å². The molecule has 2 rings (SSSR count). The number of hydrogen-bond acceptors (Lipinski definition) is 3. The minimum absolute atomic E-state index is 0.0180. The molecule has 2 aromatic rings. The van der Waals surface area contributed by atoms with Crippen molar-refractivity contribution < 1.29 is 9.53 Å². The Kier molecular flexibility index (Phi) is 8.05. The molecule has 0 unspecified atom stereocenters. The number of aryl methyl sites for hydroxylation is 1. The molecule has 0 spiro atoms. The Hall–Kier alpha value is -1.94. The van der Waals surface area contributed by atoms with E-state index in [1.165, 1.54) is 10.5 Å². The molecule has 0 radical (unpaired) electrons. The van der Waals surface area contributed by atoms with Crippen LogP contribution in [-0.2, 0) is 5.75 Å². The lowest BCUT2D eigenvalue weighted by atomic mass is 10.1. The maximum atomic E-state index is 12.5. The molecule has 140 valence electrons. The molecule has 1 amide bonds. The average Bonchev–Trinajstić information content (AvgIpc) is 2.62. The van der Waals surface area contributed by atoms with Gasteiger partial charge < -0.3 is 10.1 Å². The SMILES string of the molecule is CCC[C@@H](C)NC(=O)c1ccc(OCC)c(CSc2ccc(C)cc2)c1. The second-order valence-electron chi connectivity index (χ2n) is 6.52. The second-order valence-corrected chi connectivity index (χ2v) is 7.57. The van der Waals surface area contributed by atoms with Gasteiger partial charge in [-0.05, 0) is 57.5 Å². The Bertz CT molecular complexity index is 713. The summed E-state index contributed by atoms with van der Waals surface area (Å²) in [5.41, 5.74) is 2.99. The quantitative estimate of drug-likeness (QED) is 0.583. The fourth-order valence-corrected chi connectivity index (χ4v) is 3.61. The van der Waals surface area contributed by atoms with Gasteiger partial charge in [0.25, 0.3) is 5.91 Å². The fourth-order valence-electron chi connectivity index (χ4n) is 2.74. The van der Waals surface area contributed by atoms with Gasteiger partial charge >= 0.3 is 0 Å². The van der Waals surface area contributed by atoms with Crippen LogP contribution in [0.2, 0.25) is 0 Å². The van der Waals surface area contributed by atoms with Crippen molar-refractivity contribution in [1.82, 2.24) is 5.32 Å². The largest absolute Gasteiger partial charge is 0.494 e. The van der Waals surface area contributed by atoms with E-state index >= 15 is 0 Å². The van der Waals surface area contributed by atoms with Gasteiger partial charge in [0.1, 0.15) is 5.75 Å². The Morgan fingerprint density at radius 2 is 1.88 bits per heavy atom. The van der Waals surface area contributed by atoms with Gasteiger partial charge in [0.15, 0.2) is 0 Å². The Morgan fingerprint density at radius 3 is 2.54 bits per heavy atom. The molecule has 0 aliphatic heterocycles. The number of carbonyl (C=O) groups excluding carboxylic acids is 1. The van der Waals surface area contributed by atoms with Crippen molar-refractivity contribution in [3.8, 4) is 5.75 Å². The molecule has 0 saturated carbocycles. The van der Waals surface area contributed by atoms with Gasteiger partial charge in [0, 0.05) is 27.8 Å². The van der Waals surface area contributed by atoms with Gasteiger partial charge in [-0.15, -0.1) is 11.8 Å². The van der Waals surface area contributed by atoms with Crippen molar-refractivity contribution in [3.63, 3.8) is 0 Å². The smallest absolute Gasteiger partial charge is 0.251 e. The lowest BCUT2D eigenvalue weighted by Gasteiger charge is -2.15. The van der Waals surface area contributed by atoms with Crippen molar-refractivity contribution in [2.24, 2.45) is 0 Å². The second kappa shape index (κ2) is 10.3. The molecule has 0 aliphatic carbocycles. The van der Waals surface area contributed by atoms with Gasteiger partial charge in [-0.2, -0.15) is 0 Å². The normalized spacial score (nSPS) is 11.8. The zero-order valence-corrected chi connectivity index (χ0v) is 17.0. The van der Waals surface area contributed by atoms with E-state index in [1.807, 2.05) is 32.0 Å². The Morgan fingerprint density at radius 1 is 1.15 bits per heavy atom. The summed E-state index contributed by atoms with van der Waals surface area (Å²) in [5, 5.41) is 3.07. The maximum absolute atomic E-state index is 12.5. The molecule has 0 fully saturated rings. The number of hydrogen-bond donors (Lipinski definition) is 1. The molecular formula is C22H29NO2S. The van der Waals surface area contributed by atoms with E-state index in [4.69, 9.17) is 4.74 Å². The molecule has 4 heteroatoms. The predicted octanol–water partition coefficient (Wildman–Crippen LogP) is 5.60. The standard InChI is InChI=1S/C22H29NO2S/c1-5-7-17(4)23-22(24)18-10-13-21(25-6-2)19(14-18)15-26-20-11-8-16(3)9-12-20/h8-14,17H,5-7,15H2,1-4H3,(H,23,24)/t17-/m1/s1. The zero-order valence-electron chi connectivity index (χ0n) is 16.2. The van der Waals surface area contributed by atoms with E-state index in [1.54, 1.807) is 11.8 Å². The number of thioether (sulfide) groups is 1. The highest BCUT2D eigenvalue weighted by molar-refractivity contribution is 7.98. The predicted molar refractivity (Wildman–Crippen MR) is 110 cm³/mol. The summed E-state index contributed by atoms with van der Waals surface area (Å²) in [5.74, 6) is 1.60. The summed E-state index contributed by atoms with van der Waals surface area (Å²) in [6.07, 6.45) is 2.04. The fraction of sp³-hybridized carbons (Fsp3) is 0.409. The number of benzene rings is 2. The highest BCUT2D eigenvalue weighted by Crippen LogP contribution is 2.29. The third-order valence-corrected chi connectivity index (χ3v) is 5.20. The highest BCUT2D eigenvalue weighted by atomic mass is 32.2. The van der Waals surface area contributed by atoms with E-state index in [2.05, 4.69) is 43.4 Å². The molecule has 1 atom stereocenters. The minimum Gasteiger partial charge on any atom is -0.494 e. The van der Waals surface area contributed by atoms with Crippen LogP contribution in [0.5, 0.6) is 5.75 Å². The van der Waals surface area contributed by atoms with Crippen LogP contribution in [0.1, 0.15) is 55.1 Å². The van der Waals surface area contributed by atoms with Gasteiger partial charge in [-0.25, -0.2) is 0 Å². The van der Waals surface area contributed by atoms with Crippen LogP contribution >= 0.6 is 11.8 Å². The van der Waals surface area contributed by atoms with Gasteiger partial charge in [-0.3, -0.25) is 4.79 Å². The maximum Gasteiger partial charge on any atom is 0.251 e. The van der Waals surface area contributed by atoms with Crippen molar-refractivity contribution in [3.05, 3.63) is 59.2 Å².